The Morgan fingerprint density at radius 2 is 1.95 bits per heavy atom. The van der Waals surface area contributed by atoms with Gasteiger partial charge >= 0.3 is 0 Å². The van der Waals surface area contributed by atoms with E-state index in [-0.39, 0.29) is 0 Å². The van der Waals surface area contributed by atoms with E-state index in [4.69, 9.17) is 10.5 Å². The summed E-state index contributed by atoms with van der Waals surface area (Å²) in [5, 5.41) is 1.19. The molecular formula is C16H15NOS. The minimum Gasteiger partial charge on any atom is -0.488 e. The first-order chi connectivity index (χ1) is 9.22. The summed E-state index contributed by atoms with van der Waals surface area (Å²) >= 11 is 1.75. The van der Waals surface area contributed by atoms with Gasteiger partial charge in [0.1, 0.15) is 12.4 Å². The average molecular weight is 269 g/mol. The molecule has 0 aliphatic rings. The van der Waals surface area contributed by atoms with Gasteiger partial charge in [0.15, 0.2) is 0 Å². The molecule has 1 aromatic heterocycles. The number of nitrogens with two attached hydrogens (primary N) is 1. The summed E-state index contributed by atoms with van der Waals surface area (Å²) in [7, 11) is 0. The normalized spacial score (nSPS) is 10.8. The zero-order chi connectivity index (χ0) is 13.2. The van der Waals surface area contributed by atoms with Crippen LogP contribution in [0.5, 0.6) is 5.75 Å². The van der Waals surface area contributed by atoms with Crippen molar-refractivity contribution in [2.45, 2.75) is 13.5 Å². The lowest BCUT2D eigenvalue weighted by Crippen LogP contribution is -1.94. The van der Waals surface area contributed by atoms with Gasteiger partial charge in [0.25, 0.3) is 0 Å². The number of hydrogen-bond acceptors (Lipinski definition) is 3. The van der Waals surface area contributed by atoms with Crippen molar-refractivity contribution in [3.63, 3.8) is 0 Å². The van der Waals surface area contributed by atoms with Crippen LogP contribution in [-0.4, -0.2) is 0 Å². The fraction of sp³-hybridized carbons (Fsp3) is 0.125. The maximum Gasteiger partial charge on any atom is 0.122 e. The molecule has 0 amide bonds. The molecule has 3 rings (SSSR count). The molecule has 3 aromatic rings. The number of thiophene rings is 1. The van der Waals surface area contributed by atoms with Gasteiger partial charge in [-0.05, 0) is 48.2 Å². The van der Waals surface area contributed by atoms with Gasteiger partial charge in [-0.2, -0.15) is 0 Å². The molecule has 0 saturated heterocycles. The summed E-state index contributed by atoms with van der Waals surface area (Å²) in [5.41, 5.74) is 7.75. The highest BCUT2D eigenvalue weighted by atomic mass is 32.1. The molecule has 2 nitrogen and oxygen atoms in total. The molecule has 0 spiro atoms. The van der Waals surface area contributed by atoms with Crippen molar-refractivity contribution in [3.8, 4) is 5.75 Å². The highest BCUT2D eigenvalue weighted by molar-refractivity contribution is 7.19. The van der Waals surface area contributed by atoms with Crippen LogP contribution in [0.25, 0.3) is 10.1 Å². The van der Waals surface area contributed by atoms with Gasteiger partial charge in [0.05, 0.1) is 0 Å². The second-order valence-electron chi connectivity index (χ2n) is 4.56. The smallest absolute Gasteiger partial charge is 0.122 e. The Bertz CT molecular complexity index is 718. The minimum absolute atomic E-state index is 0.601. The van der Waals surface area contributed by atoms with Crippen molar-refractivity contribution in [2.75, 3.05) is 5.73 Å². The Kier molecular flexibility index (Phi) is 3.13. The first kappa shape index (κ1) is 12.1. The predicted octanol–water partition coefficient (Wildman–Crippen LogP) is 4.37. The van der Waals surface area contributed by atoms with Crippen molar-refractivity contribution in [1.29, 1.82) is 0 Å². The number of aryl methyl sites for hydroxylation is 1. The number of rotatable bonds is 3. The van der Waals surface area contributed by atoms with E-state index in [0.29, 0.717) is 6.61 Å². The standard InChI is InChI=1S/C16H15NOS/c1-11-4-2-3-5-15(11)18-10-14-9-12-8-13(17)6-7-16(12)19-14/h2-9H,10,17H2,1H3. The van der Waals surface area contributed by atoms with Gasteiger partial charge in [0.2, 0.25) is 0 Å². The maximum atomic E-state index is 5.86. The van der Waals surface area contributed by atoms with Crippen LogP contribution < -0.4 is 10.5 Å². The molecule has 2 aromatic carbocycles. The van der Waals surface area contributed by atoms with E-state index >= 15 is 0 Å². The van der Waals surface area contributed by atoms with Crippen LogP contribution in [-0.2, 0) is 6.61 Å². The number of fused-ring (bicyclic) bond motifs is 1. The molecule has 0 saturated carbocycles. The van der Waals surface area contributed by atoms with Gasteiger partial charge in [0, 0.05) is 15.3 Å². The summed E-state index contributed by atoms with van der Waals surface area (Å²) in [6.07, 6.45) is 0. The lowest BCUT2D eigenvalue weighted by atomic mass is 10.2. The molecule has 0 bridgehead atoms. The molecule has 0 unspecified atom stereocenters. The number of para-hydroxylation sites is 1. The molecule has 96 valence electrons. The number of anilines is 1. The van der Waals surface area contributed by atoms with Gasteiger partial charge < -0.3 is 10.5 Å². The molecule has 0 aliphatic carbocycles. The van der Waals surface area contributed by atoms with E-state index in [0.717, 1.165) is 17.0 Å². The van der Waals surface area contributed by atoms with Crippen LogP contribution in [0.15, 0.2) is 48.5 Å². The molecule has 1 heterocycles. The van der Waals surface area contributed by atoms with Gasteiger partial charge in [-0.3, -0.25) is 0 Å². The van der Waals surface area contributed by atoms with Crippen LogP contribution >= 0.6 is 11.3 Å². The Morgan fingerprint density at radius 3 is 2.79 bits per heavy atom. The summed E-state index contributed by atoms with van der Waals surface area (Å²) in [5.74, 6) is 0.944. The second-order valence-corrected chi connectivity index (χ2v) is 5.73. The molecule has 19 heavy (non-hydrogen) atoms. The summed E-state index contributed by atoms with van der Waals surface area (Å²) < 4.78 is 7.11. The van der Waals surface area contributed by atoms with Crippen molar-refractivity contribution in [3.05, 3.63) is 59.0 Å². The van der Waals surface area contributed by atoms with Crippen LogP contribution in [0.4, 0.5) is 5.69 Å². The van der Waals surface area contributed by atoms with E-state index in [9.17, 15) is 0 Å². The fourth-order valence-electron chi connectivity index (χ4n) is 2.06. The molecule has 0 atom stereocenters. The van der Waals surface area contributed by atoms with Crippen molar-refractivity contribution in [2.24, 2.45) is 0 Å². The van der Waals surface area contributed by atoms with Crippen LogP contribution in [0.2, 0.25) is 0 Å². The zero-order valence-electron chi connectivity index (χ0n) is 10.7. The molecule has 3 heteroatoms. The fourth-order valence-corrected chi connectivity index (χ4v) is 3.01. The summed E-state index contributed by atoms with van der Waals surface area (Å²) in [6, 6.07) is 16.2. The number of ether oxygens (including phenoxy) is 1. The number of hydrogen-bond donors (Lipinski definition) is 1. The third-order valence-electron chi connectivity index (χ3n) is 3.05. The van der Waals surface area contributed by atoms with E-state index < -0.39 is 0 Å². The Labute approximate surface area is 116 Å². The van der Waals surface area contributed by atoms with E-state index in [2.05, 4.69) is 25.1 Å². The third-order valence-corrected chi connectivity index (χ3v) is 4.14. The minimum atomic E-state index is 0.601. The summed E-state index contributed by atoms with van der Waals surface area (Å²) in [6.45, 7) is 2.66. The lowest BCUT2D eigenvalue weighted by molar-refractivity contribution is 0.308. The highest BCUT2D eigenvalue weighted by Gasteiger charge is 2.04. The lowest BCUT2D eigenvalue weighted by Gasteiger charge is -2.06. The van der Waals surface area contributed by atoms with E-state index in [1.807, 2.05) is 30.3 Å². The van der Waals surface area contributed by atoms with E-state index in [1.165, 1.54) is 15.0 Å². The monoisotopic (exact) mass is 269 g/mol. The largest absolute Gasteiger partial charge is 0.488 e. The van der Waals surface area contributed by atoms with Crippen molar-refractivity contribution in [1.82, 2.24) is 0 Å². The Balaban J connectivity index is 1.80. The Hall–Kier alpha value is -2.00. The van der Waals surface area contributed by atoms with Gasteiger partial charge in [-0.25, -0.2) is 0 Å². The van der Waals surface area contributed by atoms with Crippen molar-refractivity contribution < 1.29 is 4.74 Å². The number of nitrogen functional groups attached to an aromatic ring is 1. The van der Waals surface area contributed by atoms with Crippen molar-refractivity contribution >= 4 is 27.1 Å². The highest BCUT2D eigenvalue weighted by Crippen LogP contribution is 2.28. The second kappa shape index (κ2) is 4.94. The zero-order valence-corrected chi connectivity index (χ0v) is 11.5. The quantitative estimate of drug-likeness (QED) is 0.716. The topological polar surface area (TPSA) is 35.2 Å². The van der Waals surface area contributed by atoms with Crippen LogP contribution in [0.3, 0.4) is 0 Å². The van der Waals surface area contributed by atoms with Crippen LogP contribution in [0, 0.1) is 6.92 Å². The average Bonchev–Trinajstić information content (AvgIpc) is 2.79. The summed E-state index contributed by atoms with van der Waals surface area (Å²) in [4.78, 5) is 1.21. The number of benzene rings is 2. The predicted molar refractivity (Wildman–Crippen MR) is 81.7 cm³/mol. The first-order valence-electron chi connectivity index (χ1n) is 6.19. The first-order valence-corrected chi connectivity index (χ1v) is 7.00. The van der Waals surface area contributed by atoms with Gasteiger partial charge in [-0.1, -0.05) is 18.2 Å². The molecule has 0 aliphatic heterocycles. The molecule has 2 N–H and O–H groups in total. The molecule has 0 fully saturated rings. The third kappa shape index (κ3) is 2.56. The SMILES string of the molecule is Cc1ccccc1OCc1cc2cc(N)ccc2s1. The van der Waals surface area contributed by atoms with E-state index in [1.54, 1.807) is 11.3 Å². The molecular weight excluding hydrogens is 254 g/mol. The van der Waals surface area contributed by atoms with Crippen LogP contribution in [0.1, 0.15) is 10.4 Å². The Morgan fingerprint density at radius 1 is 1.11 bits per heavy atom. The maximum absolute atomic E-state index is 5.86. The van der Waals surface area contributed by atoms with Gasteiger partial charge in [-0.15, -0.1) is 11.3 Å². The molecule has 0 radical (unpaired) electrons.